The highest BCUT2D eigenvalue weighted by Crippen LogP contribution is 2.25. The Bertz CT molecular complexity index is 858. The number of hydrogen-bond donors (Lipinski definition) is 2. The van der Waals surface area contributed by atoms with Crippen LogP contribution < -0.4 is 5.43 Å². The molecule has 114 valence electrons. The number of phenols is 1. The van der Waals surface area contributed by atoms with Crippen molar-refractivity contribution in [3.8, 4) is 5.75 Å². The van der Waals surface area contributed by atoms with Gasteiger partial charge < -0.3 is 5.11 Å². The molecule has 0 aromatic heterocycles. The van der Waals surface area contributed by atoms with Gasteiger partial charge in [0.15, 0.2) is 0 Å². The van der Waals surface area contributed by atoms with Crippen molar-refractivity contribution in [1.82, 2.24) is 5.43 Å². The molecular formula is C19H16N2O2. The summed E-state index contributed by atoms with van der Waals surface area (Å²) in [5.41, 5.74) is 4.00. The summed E-state index contributed by atoms with van der Waals surface area (Å²) in [5.74, 6) is -0.0723. The molecule has 0 bridgehead atoms. The average Bonchev–Trinajstić information content (AvgIpc) is 2.58. The van der Waals surface area contributed by atoms with Gasteiger partial charge in [-0.15, -0.1) is 0 Å². The van der Waals surface area contributed by atoms with Crippen LogP contribution in [0.5, 0.6) is 5.75 Å². The summed E-state index contributed by atoms with van der Waals surface area (Å²) in [6.07, 6.45) is 1.74. The van der Waals surface area contributed by atoms with E-state index in [1.54, 1.807) is 6.07 Å². The maximum Gasteiger partial charge on any atom is 0.244 e. The smallest absolute Gasteiger partial charge is 0.244 e. The Hall–Kier alpha value is -3.14. The number of nitrogens with zero attached hydrogens (tertiary/aromatic N) is 1. The van der Waals surface area contributed by atoms with Gasteiger partial charge in [-0.05, 0) is 22.4 Å². The molecule has 3 rings (SSSR count). The second-order valence-electron chi connectivity index (χ2n) is 5.18. The second kappa shape index (κ2) is 6.75. The van der Waals surface area contributed by atoms with E-state index in [-0.39, 0.29) is 18.1 Å². The first-order valence-corrected chi connectivity index (χ1v) is 7.30. The van der Waals surface area contributed by atoms with Crippen LogP contribution in [0.3, 0.4) is 0 Å². The molecule has 0 aliphatic carbocycles. The van der Waals surface area contributed by atoms with Crippen LogP contribution in [0.2, 0.25) is 0 Å². The predicted octanol–water partition coefficient (Wildman–Crippen LogP) is 3.24. The number of nitrogens with one attached hydrogen (secondary N) is 1. The Balaban J connectivity index is 1.73. The maximum absolute atomic E-state index is 11.9. The molecule has 4 nitrogen and oxygen atoms in total. The average molecular weight is 304 g/mol. The lowest BCUT2D eigenvalue weighted by molar-refractivity contribution is -0.120. The molecule has 0 unspecified atom stereocenters. The number of phenolic OH excluding ortho intramolecular Hbond substituents is 1. The SMILES string of the molecule is O=C(Cc1ccccc1)N/N=C\c1c(O)ccc2ccccc12. The van der Waals surface area contributed by atoms with Crippen molar-refractivity contribution in [2.75, 3.05) is 0 Å². The summed E-state index contributed by atoms with van der Waals surface area (Å²) >= 11 is 0. The van der Waals surface area contributed by atoms with E-state index in [1.807, 2.05) is 60.7 Å². The summed E-state index contributed by atoms with van der Waals surface area (Å²) in [4.78, 5) is 11.9. The van der Waals surface area contributed by atoms with Crippen molar-refractivity contribution in [3.05, 3.63) is 77.9 Å². The summed E-state index contributed by atoms with van der Waals surface area (Å²) in [7, 11) is 0. The van der Waals surface area contributed by atoms with Crippen LogP contribution >= 0.6 is 0 Å². The number of rotatable bonds is 4. The van der Waals surface area contributed by atoms with Gasteiger partial charge in [0.25, 0.3) is 0 Å². The molecule has 0 spiro atoms. The van der Waals surface area contributed by atoms with Gasteiger partial charge in [-0.2, -0.15) is 5.10 Å². The molecule has 0 heterocycles. The zero-order valence-electron chi connectivity index (χ0n) is 12.4. The van der Waals surface area contributed by atoms with Crippen LogP contribution in [0.25, 0.3) is 10.8 Å². The number of carbonyl (C=O) groups is 1. The van der Waals surface area contributed by atoms with Gasteiger partial charge in [-0.3, -0.25) is 4.79 Å². The van der Waals surface area contributed by atoms with E-state index < -0.39 is 0 Å². The minimum atomic E-state index is -0.202. The molecule has 0 atom stereocenters. The third-order valence-corrected chi connectivity index (χ3v) is 3.54. The standard InChI is InChI=1S/C19H16N2O2/c22-18-11-10-15-8-4-5-9-16(15)17(18)13-20-21-19(23)12-14-6-2-1-3-7-14/h1-11,13,22H,12H2,(H,21,23)/b20-13-. The third kappa shape index (κ3) is 3.55. The molecule has 1 amide bonds. The van der Waals surface area contributed by atoms with Crippen LogP contribution in [-0.4, -0.2) is 17.2 Å². The third-order valence-electron chi connectivity index (χ3n) is 3.54. The van der Waals surface area contributed by atoms with E-state index in [1.165, 1.54) is 6.21 Å². The Labute approximate surface area is 134 Å². The number of amides is 1. The van der Waals surface area contributed by atoms with Crippen molar-refractivity contribution in [1.29, 1.82) is 0 Å². The number of hydrogen-bond acceptors (Lipinski definition) is 3. The van der Waals surface area contributed by atoms with Crippen LogP contribution in [0.1, 0.15) is 11.1 Å². The summed E-state index contributed by atoms with van der Waals surface area (Å²) in [5, 5.41) is 15.9. The lowest BCUT2D eigenvalue weighted by Crippen LogP contribution is -2.19. The summed E-state index contributed by atoms with van der Waals surface area (Å²) in [6, 6.07) is 20.6. The first-order chi connectivity index (χ1) is 11.2. The van der Waals surface area contributed by atoms with Gasteiger partial charge >= 0.3 is 0 Å². The molecular weight excluding hydrogens is 288 g/mol. The van der Waals surface area contributed by atoms with Gasteiger partial charge in [0.05, 0.1) is 12.6 Å². The molecule has 3 aromatic rings. The van der Waals surface area contributed by atoms with E-state index in [0.717, 1.165) is 16.3 Å². The van der Waals surface area contributed by atoms with Crippen LogP contribution in [0.15, 0.2) is 71.8 Å². The molecule has 4 heteroatoms. The molecule has 0 radical (unpaired) electrons. The minimum Gasteiger partial charge on any atom is -0.507 e. The molecule has 0 fully saturated rings. The fraction of sp³-hybridized carbons (Fsp3) is 0.0526. The van der Waals surface area contributed by atoms with E-state index in [9.17, 15) is 9.90 Å². The number of aromatic hydroxyl groups is 1. The number of hydrazone groups is 1. The quantitative estimate of drug-likeness (QED) is 0.574. The molecule has 2 N–H and O–H groups in total. The van der Waals surface area contributed by atoms with E-state index in [2.05, 4.69) is 10.5 Å². The Morgan fingerprint density at radius 1 is 1.00 bits per heavy atom. The van der Waals surface area contributed by atoms with Crippen LogP contribution in [0.4, 0.5) is 0 Å². The largest absolute Gasteiger partial charge is 0.507 e. The lowest BCUT2D eigenvalue weighted by Gasteiger charge is -2.05. The van der Waals surface area contributed by atoms with Crippen molar-refractivity contribution >= 4 is 22.9 Å². The van der Waals surface area contributed by atoms with Gasteiger partial charge in [-0.1, -0.05) is 60.7 Å². The maximum atomic E-state index is 11.9. The van der Waals surface area contributed by atoms with Crippen molar-refractivity contribution in [2.45, 2.75) is 6.42 Å². The number of benzene rings is 3. The monoisotopic (exact) mass is 304 g/mol. The summed E-state index contributed by atoms with van der Waals surface area (Å²) < 4.78 is 0. The highest BCUT2D eigenvalue weighted by molar-refractivity contribution is 6.02. The second-order valence-corrected chi connectivity index (χ2v) is 5.18. The van der Waals surface area contributed by atoms with E-state index in [4.69, 9.17) is 0 Å². The molecule has 0 saturated heterocycles. The van der Waals surface area contributed by atoms with Crippen molar-refractivity contribution in [2.24, 2.45) is 5.10 Å². The van der Waals surface area contributed by atoms with Crippen LogP contribution in [0, 0.1) is 0 Å². The lowest BCUT2D eigenvalue weighted by atomic mass is 10.0. The number of carbonyl (C=O) groups excluding carboxylic acids is 1. The summed E-state index contributed by atoms with van der Waals surface area (Å²) in [6.45, 7) is 0. The molecule has 3 aromatic carbocycles. The molecule has 0 saturated carbocycles. The first kappa shape index (κ1) is 14.8. The van der Waals surface area contributed by atoms with E-state index >= 15 is 0 Å². The first-order valence-electron chi connectivity index (χ1n) is 7.30. The zero-order chi connectivity index (χ0) is 16.1. The topological polar surface area (TPSA) is 61.7 Å². The Morgan fingerprint density at radius 3 is 2.57 bits per heavy atom. The van der Waals surface area contributed by atoms with E-state index in [0.29, 0.717) is 5.56 Å². The highest BCUT2D eigenvalue weighted by Gasteiger charge is 2.05. The zero-order valence-corrected chi connectivity index (χ0v) is 12.4. The Morgan fingerprint density at radius 2 is 1.74 bits per heavy atom. The normalized spacial score (nSPS) is 11.0. The van der Waals surface area contributed by atoms with Crippen LogP contribution in [-0.2, 0) is 11.2 Å². The molecule has 0 aliphatic rings. The van der Waals surface area contributed by atoms with Crippen molar-refractivity contribution < 1.29 is 9.90 Å². The fourth-order valence-electron chi connectivity index (χ4n) is 2.41. The van der Waals surface area contributed by atoms with Gasteiger partial charge in [-0.25, -0.2) is 5.43 Å². The minimum absolute atomic E-state index is 0.129. The van der Waals surface area contributed by atoms with Gasteiger partial charge in [0.1, 0.15) is 5.75 Å². The molecule has 0 aliphatic heterocycles. The fourth-order valence-corrected chi connectivity index (χ4v) is 2.41. The number of fused-ring (bicyclic) bond motifs is 1. The molecule has 23 heavy (non-hydrogen) atoms. The van der Waals surface area contributed by atoms with Gasteiger partial charge in [0.2, 0.25) is 5.91 Å². The highest BCUT2D eigenvalue weighted by atomic mass is 16.3. The van der Waals surface area contributed by atoms with Crippen molar-refractivity contribution in [3.63, 3.8) is 0 Å². The Kier molecular flexibility index (Phi) is 4.34. The predicted molar refractivity (Wildman–Crippen MR) is 91.5 cm³/mol. The van der Waals surface area contributed by atoms with Gasteiger partial charge in [0, 0.05) is 5.56 Å².